The van der Waals surface area contributed by atoms with Crippen LogP contribution in [0.1, 0.15) is 70.4 Å². The lowest BCUT2D eigenvalue weighted by atomic mass is 9.87. The molecule has 0 spiro atoms. The first-order valence-electron chi connectivity index (χ1n) is 10.5. The molecule has 5 amide bonds. The van der Waals surface area contributed by atoms with Gasteiger partial charge < -0.3 is 4.90 Å². The fourth-order valence-electron chi connectivity index (χ4n) is 4.97. The molecule has 9 nitrogen and oxygen atoms in total. The van der Waals surface area contributed by atoms with Gasteiger partial charge in [-0.05, 0) is 42.5 Å². The van der Waals surface area contributed by atoms with Crippen LogP contribution in [-0.4, -0.2) is 51.2 Å². The molecule has 3 heterocycles. The first kappa shape index (κ1) is 19.6. The second kappa shape index (κ2) is 7.11. The molecule has 0 bridgehead atoms. The van der Waals surface area contributed by atoms with Gasteiger partial charge in [0, 0.05) is 38.3 Å². The molecule has 1 atom stereocenters. The molecular formula is C22H21N3O6. The highest BCUT2D eigenvalue weighted by molar-refractivity contribution is 6.23. The van der Waals surface area contributed by atoms with Gasteiger partial charge in [0.1, 0.15) is 11.8 Å². The number of piperidine rings is 1. The number of rotatable bonds is 2. The molecule has 31 heavy (non-hydrogen) atoms. The summed E-state index contributed by atoms with van der Waals surface area (Å²) in [5.74, 6) is -2.11. The lowest BCUT2D eigenvalue weighted by Crippen LogP contribution is -2.54. The van der Waals surface area contributed by atoms with Crippen LogP contribution in [0.15, 0.2) is 12.1 Å². The van der Waals surface area contributed by atoms with Crippen molar-refractivity contribution in [3.8, 4) is 0 Å². The van der Waals surface area contributed by atoms with E-state index in [1.807, 2.05) is 0 Å². The number of nitrogens with one attached hydrogen (secondary N) is 1. The first-order valence-corrected chi connectivity index (χ1v) is 10.5. The summed E-state index contributed by atoms with van der Waals surface area (Å²) in [4.78, 5) is 76.5. The van der Waals surface area contributed by atoms with Crippen molar-refractivity contribution in [3.63, 3.8) is 0 Å². The summed E-state index contributed by atoms with van der Waals surface area (Å²) in [6, 6.07) is 2.30. The summed E-state index contributed by atoms with van der Waals surface area (Å²) in [6.45, 7) is 0.706. The van der Waals surface area contributed by atoms with Crippen molar-refractivity contribution >= 4 is 35.3 Å². The van der Waals surface area contributed by atoms with Crippen LogP contribution < -0.4 is 5.32 Å². The van der Waals surface area contributed by atoms with Crippen molar-refractivity contribution in [2.45, 2.75) is 57.7 Å². The maximum absolute atomic E-state index is 13.0. The Bertz CT molecular complexity index is 1020. The van der Waals surface area contributed by atoms with E-state index >= 15 is 0 Å². The molecule has 9 heteroatoms. The average molecular weight is 423 g/mol. The van der Waals surface area contributed by atoms with Gasteiger partial charge >= 0.3 is 0 Å². The van der Waals surface area contributed by atoms with E-state index < -0.39 is 29.7 Å². The van der Waals surface area contributed by atoms with Gasteiger partial charge in [-0.3, -0.25) is 39.0 Å². The molecule has 1 saturated heterocycles. The number of ketones is 1. The molecule has 160 valence electrons. The molecule has 1 unspecified atom stereocenters. The lowest BCUT2D eigenvalue weighted by Gasteiger charge is -2.27. The normalized spacial score (nSPS) is 23.9. The maximum atomic E-state index is 13.0. The molecule has 1 N–H and O–H groups in total. The Hall–Kier alpha value is -3.36. The van der Waals surface area contributed by atoms with Crippen molar-refractivity contribution in [3.05, 3.63) is 34.4 Å². The van der Waals surface area contributed by atoms with Crippen LogP contribution in [-0.2, 0) is 32.3 Å². The van der Waals surface area contributed by atoms with Gasteiger partial charge in [0.2, 0.25) is 17.7 Å². The second-order valence-electron chi connectivity index (χ2n) is 8.62. The SMILES string of the molecule is O=C1CCC(C(=O)N2Cc3cc4c(cc3C2)C(=O)N(C2CCC(=O)NC2=O)C4=O)CC1. The lowest BCUT2D eigenvalue weighted by molar-refractivity contribution is -0.138. The number of hydrogen-bond donors (Lipinski definition) is 1. The van der Waals surface area contributed by atoms with Crippen LogP contribution >= 0.6 is 0 Å². The number of carbonyl (C=O) groups is 6. The molecule has 4 aliphatic rings. The Morgan fingerprint density at radius 3 is 1.97 bits per heavy atom. The van der Waals surface area contributed by atoms with Gasteiger partial charge in [-0.2, -0.15) is 0 Å². The smallest absolute Gasteiger partial charge is 0.262 e. The number of hydrogen-bond acceptors (Lipinski definition) is 6. The summed E-state index contributed by atoms with van der Waals surface area (Å²) in [6.07, 6.45) is 2.19. The monoisotopic (exact) mass is 423 g/mol. The predicted molar refractivity (Wildman–Crippen MR) is 104 cm³/mol. The zero-order chi connectivity index (χ0) is 21.9. The Labute approximate surface area is 177 Å². The number of Topliss-reactive ketones (excluding diaryl/α,β-unsaturated/α-hetero) is 1. The topological polar surface area (TPSA) is 121 Å². The van der Waals surface area contributed by atoms with Crippen molar-refractivity contribution in [2.24, 2.45) is 5.92 Å². The number of carbonyl (C=O) groups excluding carboxylic acids is 6. The molecule has 1 aromatic carbocycles. The fraction of sp³-hybridized carbons (Fsp3) is 0.455. The van der Waals surface area contributed by atoms with E-state index in [1.54, 1.807) is 17.0 Å². The molecule has 1 aromatic rings. The van der Waals surface area contributed by atoms with E-state index in [2.05, 4.69) is 5.32 Å². The fourth-order valence-corrected chi connectivity index (χ4v) is 4.97. The zero-order valence-electron chi connectivity index (χ0n) is 16.8. The summed E-state index contributed by atoms with van der Waals surface area (Å²) < 4.78 is 0. The Morgan fingerprint density at radius 2 is 1.42 bits per heavy atom. The first-order chi connectivity index (χ1) is 14.8. The number of imide groups is 2. The van der Waals surface area contributed by atoms with Crippen LogP contribution in [0.3, 0.4) is 0 Å². The predicted octanol–water partition coefficient (Wildman–Crippen LogP) is 0.689. The molecule has 1 aliphatic carbocycles. The molecule has 3 aliphatic heterocycles. The maximum Gasteiger partial charge on any atom is 0.262 e. The van der Waals surface area contributed by atoms with Crippen LogP contribution in [0.25, 0.3) is 0 Å². The van der Waals surface area contributed by atoms with Crippen molar-refractivity contribution in [1.82, 2.24) is 15.1 Å². The summed E-state index contributed by atoms with van der Waals surface area (Å²) in [7, 11) is 0. The van der Waals surface area contributed by atoms with Gasteiger partial charge in [-0.1, -0.05) is 0 Å². The van der Waals surface area contributed by atoms with Gasteiger partial charge in [0.05, 0.1) is 11.1 Å². The molecule has 0 aromatic heterocycles. The van der Waals surface area contributed by atoms with Gasteiger partial charge in [0.25, 0.3) is 11.8 Å². The van der Waals surface area contributed by atoms with Gasteiger partial charge in [0.15, 0.2) is 0 Å². The highest BCUT2D eigenvalue weighted by Crippen LogP contribution is 2.34. The number of benzene rings is 1. The largest absolute Gasteiger partial charge is 0.334 e. The summed E-state index contributed by atoms with van der Waals surface area (Å²) in [5.41, 5.74) is 2.08. The van der Waals surface area contributed by atoms with Crippen LogP contribution in [0, 0.1) is 5.92 Å². The Morgan fingerprint density at radius 1 is 0.839 bits per heavy atom. The van der Waals surface area contributed by atoms with Crippen molar-refractivity contribution < 1.29 is 28.8 Å². The van der Waals surface area contributed by atoms with E-state index in [-0.39, 0.29) is 41.6 Å². The van der Waals surface area contributed by atoms with E-state index in [4.69, 9.17) is 0 Å². The summed E-state index contributed by atoms with van der Waals surface area (Å²) in [5, 5.41) is 2.18. The van der Waals surface area contributed by atoms with E-state index in [0.717, 1.165) is 16.0 Å². The third-order valence-electron chi connectivity index (χ3n) is 6.69. The molecule has 0 radical (unpaired) electrons. The number of amides is 5. The minimum atomic E-state index is -0.993. The minimum Gasteiger partial charge on any atom is -0.334 e. The van der Waals surface area contributed by atoms with E-state index in [9.17, 15) is 28.8 Å². The third kappa shape index (κ3) is 3.15. The molecule has 2 fully saturated rings. The quantitative estimate of drug-likeness (QED) is 0.699. The van der Waals surface area contributed by atoms with Gasteiger partial charge in [-0.15, -0.1) is 0 Å². The zero-order valence-corrected chi connectivity index (χ0v) is 16.8. The van der Waals surface area contributed by atoms with Crippen molar-refractivity contribution in [1.29, 1.82) is 0 Å². The molecular weight excluding hydrogens is 402 g/mol. The van der Waals surface area contributed by atoms with Crippen LogP contribution in [0.2, 0.25) is 0 Å². The van der Waals surface area contributed by atoms with Crippen LogP contribution in [0.5, 0.6) is 0 Å². The number of nitrogens with zero attached hydrogens (tertiary/aromatic N) is 2. The van der Waals surface area contributed by atoms with Crippen molar-refractivity contribution in [2.75, 3.05) is 0 Å². The minimum absolute atomic E-state index is 0.00619. The average Bonchev–Trinajstić information content (AvgIpc) is 3.26. The second-order valence-corrected chi connectivity index (χ2v) is 8.62. The summed E-state index contributed by atoms with van der Waals surface area (Å²) >= 11 is 0. The van der Waals surface area contributed by atoms with E-state index in [0.29, 0.717) is 38.8 Å². The Kier molecular flexibility index (Phi) is 4.49. The van der Waals surface area contributed by atoms with E-state index in [1.165, 1.54) is 0 Å². The Balaban J connectivity index is 1.35. The molecule has 1 saturated carbocycles. The van der Waals surface area contributed by atoms with Gasteiger partial charge in [-0.25, -0.2) is 0 Å². The highest BCUT2D eigenvalue weighted by Gasteiger charge is 2.45. The standard InChI is InChI=1S/C22H21N3O6/c26-14-3-1-11(2-4-14)20(29)24-9-12-7-15-16(8-13(12)10-24)22(31)25(21(15)30)17-5-6-18(27)23-19(17)28/h7-8,11,17H,1-6,9-10H2,(H,23,27,28). The highest BCUT2D eigenvalue weighted by atomic mass is 16.2. The van der Waals surface area contributed by atoms with Crippen LogP contribution in [0.4, 0.5) is 0 Å². The third-order valence-corrected chi connectivity index (χ3v) is 6.69. The number of fused-ring (bicyclic) bond motifs is 2. The molecule has 5 rings (SSSR count).